The number of rotatable bonds is 10. The van der Waals surface area contributed by atoms with E-state index in [4.69, 9.17) is 36.8 Å². The molecule has 2 N–H and O–H groups in total. The normalized spacial score (nSPS) is 15.7. The molecular weight excluding hydrogens is 639 g/mol. The molecule has 0 aromatic rings. The van der Waals surface area contributed by atoms with Gasteiger partial charge in [0, 0.05) is 12.2 Å². The predicted molar refractivity (Wildman–Crippen MR) is 137 cm³/mol. The third-order valence-corrected chi connectivity index (χ3v) is 18.2. The Morgan fingerprint density at radius 2 is 0.912 bits per heavy atom. The molecule has 0 aromatic heterocycles. The van der Waals surface area contributed by atoms with Crippen LogP contribution >= 0.6 is 0 Å². The first-order chi connectivity index (χ1) is 15.9. The van der Waals surface area contributed by atoms with E-state index in [9.17, 15) is 0 Å². The summed E-state index contributed by atoms with van der Waals surface area (Å²) in [5.74, 6) is 0. The van der Waals surface area contributed by atoms with Gasteiger partial charge in [-0.25, -0.2) is 0 Å². The zero-order chi connectivity index (χ0) is 26.5. The quantitative estimate of drug-likeness (QED) is 0.340. The molecule has 0 aliphatic heterocycles. The van der Waals surface area contributed by atoms with Gasteiger partial charge < -0.3 is 10.2 Å². The summed E-state index contributed by atoms with van der Waals surface area (Å²) in [5.41, 5.74) is 0. The van der Waals surface area contributed by atoms with Crippen LogP contribution in [0, 0.1) is 0 Å². The summed E-state index contributed by atoms with van der Waals surface area (Å²) >= 11 is -2.35. The van der Waals surface area contributed by atoms with Crippen LogP contribution < -0.4 is 0 Å². The topological polar surface area (TPSA) is 95.8 Å². The fraction of sp³-hybridized carbons (Fsp3) is 0.609. The van der Waals surface area contributed by atoms with Crippen molar-refractivity contribution in [3.8, 4) is 0 Å². The van der Waals surface area contributed by atoms with Gasteiger partial charge in [-0.2, -0.15) is 0 Å². The van der Waals surface area contributed by atoms with Crippen molar-refractivity contribution < 1.29 is 57.7 Å². The molecule has 0 unspecified atom stereocenters. The van der Waals surface area contributed by atoms with Crippen molar-refractivity contribution in [2.45, 2.75) is 52.7 Å². The molecule has 0 radical (unpaired) electrons. The van der Waals surface area contributed by atoms with E-state index in [1.807, 2.05) is 0 Å². The van der Waals surface area contributed by atoms with Crippen molar-refractivity contribution in [1.82, 2.24) is 0 Å². The molecule has 0 fully saturated rings. The molecule has 11 heteroatoms. The molecule has 34 heavy (non-hydrogen) atoms. The Morgan fingerprint density at radius 1 is 0.676 bits per heavy atom. The predicted octanol–water partition coefficient (Wildman–Crippen LogP) is 3.07. The van der Waals surface area contributed by atoms with Crippen LogP contribution in [0.1, 0.15) is 40.5 Å². The second kappa shape index (κ2) is 16.5. The number of aliphatic hydroxyl groups excluding tert-OH is 2. The molecule has 0 spiro atoms. The fourth-order valence-electron chi connectivity index (χ4n) is 3.31. The summed E-state index contributed by atoms with van der Waals surface area (Å²) in [5, 5.41) is 18.2. The number of allylic oxidation sites excluding steroid dienone is 8. The monoisotopic (exact) mass is 684 g/mol. The second-order valence-corrected chi connectivity index (χ2v) is 22.0. The van der Waals surface area contributed by atoms with Gasteiger partial charge in [0.25, 0.3) is 0 Å². The van der Waals surface area contributed by atoms with E-state index in [-0.39, 0.29) is 12.2 Å². The van der Waals surface area contributed by atoms with Crippen LogP contribution in [-0.4, -0.2) is 86.9 Å². The van der Waals surface area contributed by atoms with Crippen molar-refractivity contribution in [3.63, 3.8) is 0 Å². The average Bonchev–Trinajstić information content (AvgIpc) is 3.47. The molecule has 0 saturated carbocycles. The maximum absolute atomic E-state index is 8.06. The van der Waals surface area contributed by atoms with Crippen LogP contribution in [0.2, 0.25) is 0 Å². The van der Waals surface area contributed by atoms with Crippen LogP contribution in [0.15, 0.2) is 41.4 Å². The van der Waals surface area contributed by atoms with Crippen LogP contribution in [0.3, 0.4) is 0 Å². The third-order valence-electron chi connectivity index (χ3n) is 4.84. The van der Waals surface area contributed by atoms with Crippen LogP contribution in [0.25, 0.3) is 0 Å². The van der Waals surface area contributed by atoms with Gasteiger partial charge in [-0.3, -0.25) is 0 Å². The van der Waals surface area contributed by atoms with Crippen molar-refractivity contribution in [3.05, 3.63) is 41.4 Å². The van der Waals surface area contributed by atoms with E-state index in [1.165, 1.54) is 6.66 Å². The van der Waals surface area contributed by atoms with E-state index >= 15 is 0 Å². The number of hydrogen-bond acceptors (Lipinski definition) is 8. The molecule has 196 valence electrons. The van der Waals surface area contributed by atoms with Crippen LogP contribution in [0.5, 0.6) is 0 Å². The molecule has 0 heterocycles. The molecule has 2 aliphatic carbocycles. The molecule has 0 atom stereocenters. The summed E-state index contributed by atoms with van der Waals surface area (Å²) < 4.78 is 41.0. The molecule has 0 saturated heterocycles. The molecule has 8 nitrogen and oxygen atoms in total. The summed E-state index contributed by atoms with van der Waals surface area (Å²) in [7, 11) is 4.28. The van der Waals surface area contributed by atoms with Crippen LogP contribution in [0.4, 0.5) is 0 Å². The third kappa shape index (κ3) is 9.70. The molecule has 0 aromatic carbocycles. The van der Waals surface area contributed by atoms with Gasteiger partial charge in [-0.05, 0) is 27.7 Å². The summed E-state index contributed by atoms with van der Waals surface area (Å²) in [6, 6.07) is 0. The SMILES string of the molecule is CC(C)O.CC(C)O.[CH2]=[Hf]([C]1=CC([Si](OC)(OC)OC)=CC1)[C]1=CC([Si](OC)(OC)OC)=CC1. The van der Waals surface area contributed by atoms with Crippen LogP contribution in [-0.2, 0) is 47.5 Å². The van der Waals surface area contributed by atoms with Crippen molar-refractivity contribution in [1.29, 1.82) is 0 Å². The van der Waals surface area contributed by atoms with Gasteiger partial charge in [0.05, 0.1) is 0 Å². The zero-order valence-electron chi connectivity index (χ0n) is 22.4. The molecule has 2 aliphatic rings. The molecular formula is C23H44HfO8Si2. The first kappa shape index (κ1) is 33.8. The standard InChI is InChI=1S/2C8H13O3Si.2C3H8O.CH2.Hf/c2*1-9-12(10-2,11-3)8-6-4-5-7-8;2*1-3(2)4;;/h2*6-7H,4H2,1-3H3;2*3-4H,1-2H3;1H2;. The van der Waals surface area contributed by atoms with E-state index < -0.39 is 38.6 Å². The minimum atomic E-state index is -2.77. The Balaban J connectivity index is 0.00000118. The maximum atomic E-state index is 8.06. The second-order valence-electron chi connectivity index (χ2n) is 8.07. The zero-order valence-corrected chi connectivity index (χ0v) is 28.0. The fourth-order valence-corrected chi connectivity index (χ4v) is 14.5. The van der Waals surface area contributed by atoms with Gasteiger partial charge in [0.15, 0.2) is 0 Å². The first-order valence-electron chi connectivity index (χ1n) is 11.1. The Hall–Kier alpha value is -0.186. The van der Waals surface area contributed by atoms with Crippen molar-refractivity contribution >= 4 is 21.9 Å². The average molecular weight is 683 g/mol. The van der Waals surface area contributed by atoms with Gasteiger partial charge in [-0.1, -0.05) is 0 Å². The number of aliphatic hydroxyl groups is 2. The Kier molecular flexibility index (Phi) is 16.4. The molecule has 0 amide bonds. The van der Waals surface area contributed by atoms with Gasteiger partial charge in [0.1, 0.15) is 0 Å². The Labute approximate surface area is 215 Å². The molecule has 2 rings (SSSR count). The van der Waals surface area contributed by atoms with Gasteiger partial charge >= 0.3 is 166 Å². The Morgan fingerprint density at radius 3 is 1.12 bits per heavy atom. The van der Waals surface area contributed by atoms with E-state index in [0.717, 1.165) is 23.2 Å². The summed E-state index contributed by atoms with van der Waals surface area (Å²) in [6.07, 6.45) is 10.2. The summed E-state index contributed by atoms with van der Waals surface area (Å²) in [4.78, 5) is 0. The summed E-state index contributed by atoms with van der Waals surface area (Å²) in [6.45, 7) is 6.89. The first-order valence-corrected chi connectivity index (χ1v) is 20.7. The van der Waals surface area contributed by atoms with E-state index in [1.54, 1.807) is 70.4 Å². The van der Waals surface area contributed by atoms with Gasteiger partial charge in [0.2, 0.25) is 0 Å². The van der Waals surface area contributed by atoms with Crippen molar-refractivity contribution in [2.24, 2.45) is 0 Å². The minimum absolute atomic E-state index is 0.167. The van der Waals surface area contributed by atoms with Gasteiger partial charge in [-0.15, -0.1) is 0 Å². The van der Waals surface area contributed by atoms with E-state index in [0.29, 0.717) is 0 Å². The number of hydrogen-bond donors (Lipinski definition) is 2. The molecule has 0 bridgehead atoms. The van der Waals surface area contributed by atoms with Crippen molar-refractivity contribution in [2.75, 3.05) is 42.7 Å². The van der Waals surface area contributed by atoms with E-state index in [2.05, 4.69) is 28.6 Å². The Bertz CT molecular complexity index is 683.